The van der Waals surface area contributed by atoms with Gasteiger partial charge in [0.2, 0.25) is 0 Å². The van der Waals surface area contributed by atoms with E-state index in [9.17, 15) is 10.1 Å². The van der Waals surface area contributed by atoms with Crippen LogP contribution < -0.4 is 0 Å². The van der Waals surface area contributed by atoms with Gasteiger partial charge in [0.25, 0.3) is 6.20 Å². The first kappa shape index (κ1) is 16.4. The number of thioether (sulfide) groups is 1. The SMILES string of the molecule is CN1CCCN(C)C1=C[N+](=O)[O-].CSc1nccn1C. The molecule has 0 N–H and O–H groups in total. The van der Waals surface area contributed by atoms with E-state index in [1.807, 2.05) is 48.0 Å². The normalized spacial score (nSPS) is 14.7. The molecule has 1 fully saturated rings. The topological polar surface area (TPSA) is 67.4 Å². The van der Waals surface area contributed by atoms with Crippen molar-refractivity contribution in [3.63, 3.8) is 0 Å². The number of nitro groups is 1. The number of rotatable bonds is 2. The molecule has 1 aromatic rings. The largest absolute Gasteiger partial charge is 0.356 e. The lowest BCUT2D eigenvalue weighted by atomic mass is 10.3. The summed E-state index contributed by atoms with van der Waals surface area (Å²) in [5, 5.41) is 11.3. The van der Waals surface area contributed by atoms with Gasteiger partial charge in [0, 0.05) is 46.6 Å². The van der Waals surface area contributed by atoms with E-state index in [1.54, 1.807) is 18.0 Å². The Morgan fingerprint density at radius 2 is 1.95 bits per heavy atom. The Bertz CT molecular complexity index is 462. The molecule has 112 valence electrons. The fourth-order valence-corrected chi connectivity index (χ4v) is 2.42. The van der Waals surface area contributed by atoms with E-state index in [-0.39, 0.29) is 0 Å². The molecule has 8 heteroatoms. The van der Waals surface area contributed by atoms with Crippen molar-refractivity contribution in [2.24, 2.45) is 7.05 Å². The number of imidazole rings is 1. The van der Waals surface area contributed by atoms with E-state index >= 15 is 0 Å². The minimum atomic E-state index is -0.409. The molecule has 0 unspecified atom stereocenters. The molecule has 0 atom stereocenters. The summed E-state index contributed by atoms with van der Waals surface area (Å²) in [5.74, 6) is 0.686. The second kappa shape index (κ2) is 7.78. The molecular formula is C12H21N5O2S. The Balaban J connectivity index is 0.000000217. The third-order valence-electron chi connectivity index (χ3n) is 2.95. The van der Waals surface area contributed by atoms with Crippen LogP contribution in [0, 0.1) is 10.1 Å². The molecule has 0 saturated carbocycles. The summed E-state index contributed by atoms with van der Waals surface area (Å²) in [7, 11) is 5.72. The van der Waals surface area contributed by atoms with Crippen LogP contribution in [-0.2, 0) is 7.05 Å². The van der Waals surface area contributed by atoms with Crippen molar-refractivity contribution in [1.82, 2.24) is 19.4 Å². The lowest BCUT2D eigenvalue weighted by Crippen LogP contribution is -2.38. The van der Waals surface area contributed by atoms with Gasteiger partial charge in [0.1, 0.15) is 0 Å². The second-order valence-electron chi connectivity index (χ2n) is 4.49. The van der Waals surface area contributed by atoms with Gasteiger partial charge in [-0.1, -0.05) is 11.8 Å². The summed E-state index contributed by atoms with van der Waals surface area (Å²) in [4.78, 5) is 17.7. The minimum Gasteiger partial charge on any atom is -0.356 e. The standard InChI is InChI=1S/C7H13N3O2.C5H8N2S/c1-8-4-3-5-9(2)7(8)6-10(11)12;1-7-4-3-6-5(7)8-2/h6H,3-5H2,1-2H3;3-4H,1-2H3. The summed E-state index contributed by atoms with van der Waals surface area (Å²) in [6.45, 7) is 1.79. The molecule has 1 aromatic heterocycles. The number of hydrogen-bond acceptors (Lipinski definition) is 6. The van der Waals surface area contributed by atoms with Gasteiger partial charge in [-0.3, -0.25) is 10.1 Å². The molecule has 1 aliphatic rings. The summed E-state index contributed by atoms with van der Waals surface area (Å²) < 4.78 is 1.99. The van der Waals surface area contributed by atoms with E-state index in [1.165, 1.54) is 0 Å². The molecule has 0 amide bonds. The fourth-order valence-electron chi connectivity index (χ4n) is 1.91. The predicted molar refractivity (Wildman–Crippen MR) is 79.9 cm³/mol. The highest BCUT2D eigenvalue weighted by Crippen LogP contribution is 2.13. The van der Waals surface area contributed by atoms with Crippen molar-refractivity contribution >= 4 is 11.8 Å². The maximum atomic E-state index is 10.2. The van der Waals surface area contributed by atoms with Crippen LogP contribution in [0.25, 0.3) is 0 Å². The first-order chi connectivity index (χ1) is 9.45. The van der Waals surface area contributed by atoms with Crippen LogP contribution in [0.3, 0.4) is 0 Å². The van der Waals surface area contributed by atoms with Gasteiger partial charge < -0.3 is 14.4 Å². The van der Waals surface area contributed by atoms with Gasteiger partial charge in [-0.2, -0.15) is 0 Å². The quantitative estimate of drug-likeness (QED) is 0.468. The average molecular weight is 299 g/mol. The van der Waals surface area contributed by atoms with E-state index in [4.69, 9.17) is 0 Å². The summed E-state index contributed by atoms with van der Waals surface area (Å²) in [6, 6.07) is 0. The molecule has 0 aromatic carbocycles. The van der Waals surface area contributed by atoms with Crippen molar-refractivity contribution in [3.8, 4) is 0 Å². The van der Waals surface area contributed by atoms with E-state index in [0.717, 1.165) is 30.9 Å². The predicted octanol–water partition coefficient (Wildman–Crippen LogP) is 1.47. The lowest BCUT2D eigenvalue weighted by Gasteiger charge is -2.33. The molecule has 0 bridgehead atoms. The molecule has 2 rings (SSSR count). The minimum absolute atomic E-state index is 0.409. The Hall–Kier alpha value is -1.70. The molecule has 1 saturated heterocycles. The average Bonchev–Trinajstić information content (AvgIpc) is 2.80. The van der Waals surface area contributed by atoms with Gasteiger partial charge in [-0.25, -0.2) is 4.98 Å². The molecule has 0 spiro atoms. The van der Waals surface area contributed by atoms with E-state index in [2.05, 4.69) is 4.98 Å². The Kier molecular flexibility index (Phi) is 6.37. The number of hydrogen-bond donors (Lipinski definition) is 0. The fraction of sp³-hybridized carbons (Fsp3) is 0.583. The molecule has 20 heavy (non-hydrogen) atoms. The molecule has 7 nitrogen and oxygen atoms in total. The van der Waals surface area contributed by atoms with Gasteiger partial charge in [0.15, 0.2) is 11.0 Å². The van der Waals surface area contributed by atoms with Crippen LogP contribution in [0.2, 0.25) is 0 Å². The van der Waals surface area contributed by atoms with Crippen LogP contribution in [0.5, 0.6) is 0 Å². The molecule has 0 aliphatic carbocycles. The summed E-state index contributed by atoms with van der Waals surface area (Å²) in [5.41, 5.74) is 0. The highest BCUT2D eigenvalue weighted by molar-refractivity contribution is 7.98. The van der Waals surface area contributed by atoms with Crippen molar-refractivity contribution in [1.29, 1.82) is 0 Å². The van der Waals surface area contributed by atoms with Crippen molar-refractivity contribution < 1.29 is 4.92 Å². The van der Waals surface area contributed by atoms with Crippen molar-refractivity contribution in [2.75, 3.05) is 33.4 Å². The molecule has 1 aliphatic heterocycles. The van der Waals surface area contributed by atoms with Crippen molar-refractivity contribution in [3.05, 3.63) is 34.5 Å². The molecule has 0 radical (unpaired) electrons. The third-order valence-corrected chi connectivity index (χ3v) is 3.71. The van der Waals surface area contributed by atoms with Crippen LogP contribution in [0.1, 0.15) is 6.42 Å². The van der Waals surface area contributed by atoms with Crippen LogP contribution in [-0.4, -0.2) is 57.7 Å². The zero-order chi connectivity index (χ0) is 15.1. The molecule has 2 heterocycles. The first-order valence-corrected chi connectivity index (χ1v) is 7.47. The van der Waals surface area contributed by atoms with Crippen LogP contribution in [0.4, 0.5) is 0 Å². The highest BCUT2D eigenvalue weighted by Gasteiger charge is 2.18. The van der Waals surface area contributed by atoms with Gasteiger partial charge in [-0.15, -0.1) is 0 Å². The second-order valence-corrected chi connectivity index (χ2v) is 5.27. The Morgan fingerprint density at radius 3 is 2.30 bits per heavy atom. The van der Waals surface area contributed by atoms with Gasteiger partial charge in [-0.05, 0) is 12.7 Å². The van der Waals surface area contributed by atoms with Crippen LogP contribution >= 0.6 is 11.8 Å². The van der Waals surface area contributed by atoms with Crippen LogP contribution in [0.15, 0.2) is 29.6 Å². The van der Waals surface area contributed by atoms with Gasteiger partial charge >= 0.3 is 0 Å². The molecular weight excluding hydrogens is 278 g/mol. The summed E-state index contributed by atoms with van der Waals surface area (Å²) in [6.07, 6.45) is 7.86. The highest BCUT2D eigenvalue weighted by atomic mass is 32.2. The van der Waals surface area contributed by atoms with Crippen molar-refractivity contribution in [2.45, 2.75) is 11.6 Å². The first-order valence-electron chi connectivity index (χ1n) is 6.24. The van der Waals surface area contributed by atoms with E-state index < -0.39 is 4.92 Å². The number of nitrogens with zero attached hydrogens (tertiary/aromatic N) is 5. The van der Waals surface area contributed by atoms with Gasteiger partial charge in [0.05, 0.1) is 4.92 Å². The van der Waals surface area contributed by atoms with E-state index in [0.29, 0.717) is 5.82 Å². The maximum Gasteiger partial charge on any atom is 0.274 e. The number of aryl methyl sites for hydroxylation is 1. The smallest absolute Gasteiger partial charge is 0.274 e. The number of aromatic nitrogens is 2. The maximum absolute atomic E-state index is 10.2. The zero-order valence-electron chi connectivity index (χ0n) is 12.3. The monoisotopic (exact) mass is 299 g/mol. The third kappa shape index (κ3) is 4.76. The summed E-state index contributed by atoms with van der Waals surface area (Å²) >= 11 is 1.65. The lowest BCUT2D eigenvalue weighted by molar-refractivity contribution is -0.405. The zero-order valence-corrected chi connectivity index (χ0v) is 13.1. The Labute approximate surface area is 123 Å². The Morgan fingerprint density at radius 1 is 1.35 bits per heavy atom.